The van der Waals surface area contributed by atoms with Gasteiger partial charge in [0.1, 0.15) is 11.0 Å². The van der Waals surface area contributed by atoms with Gasteiger partial charge in [-0.25, -0.2) is 9.19 Å². The average molecular weight is 427 g/mol. The maximum atomic E-state index is 12.9. The second-order valence-corrected chi connectivity index (χ2v) is 9.86. The van der Waals surface area contributed by atoms with E-state index >= 15 is 0 Å². The molecule has 2 N–H and O–H groups in total. The molecule has 1 aromatic carbocycles. The Morgan fingerprint density at radius 1 is 1.17 bits per heavy atom. The van der Waals surface area contributed by atoms with Crippen molar-refractivity contribution in [1.82, 2.24) is 9.97 Å². The van der Waals surface area contributed by atoms with Crippen molar-refractivity contribution in [2.45, 2.75) is 37.4 Å². The van der Waals surface area contributed by atoms with Gasteiger partial charge in [0.15, 0.2) is 5.13 Å². The van der Waals surface area contributed by atoms with Gasteiger partial charge in [-0.1, -0.05) is 18.2 Å². The molecule has 2 heterocycles. The number of anilines is 2. The van der Waals surface area contributed by atoms with Crippen LogP contribution in [0.2, 0.25) is 0 Å². The first kappa shape index (κ1) is 19.7. The van der Waals surface area contributed by atoms with Gasteiger partial charge in [-0.15, -0.1) is 11.3 Å². The molecule has 0 saturated heterocycles. The summed E-state index contributed by atoms with van der Waals surface area (Å²) in [4.78, 5) is 21.5. The van der Waals surface area contributed by atoms with Crippen LogP contribution >= 0.6 is 11.3 Å². The molecule has 0 spiro atoms. The number of hydrogen-bond acceptors (Lipinski definition) is 5. The highest BCUT2D eigenvalue weighted by Gasteiger charge is 2.33. The molecule has 0 radical (unpaired) electrons. The van der Waals surface area contributed by atoms with Gasteiger partial charge in [-0.3, -0.25) is 14.5 Å². The quantitative estimate of drug-likeness (QED) is 0.588. The lowest BCUT2D eigenvalue weighted by Gasteiger charge is -2.21. The standard InChI is InChI=1S/C21H22N4O2S2/c1-21(2,18-13-28-20(24-18)25-29(27)17-9-10-17)19(26)23-16-7-5-14(6-8-16)15-4-3-11-22-12-15/h3-8,11-13,17H,9-10H2,1-2H3,(H,23,26)(H,24,25). The fraction of sp³-hybridized carbons (Fsp3) is 0.286. The predicted octanol–water partition coefficient (Wildman–Crippen LogP) is 4.36. The molecule has 150 valence electrons. The van der Waals surface area contributed by atoms with E-state index in [-0.39, 0.29) is 11.2 Å². The number of pyridine rings is 1. The van der Waals surface area contributed by atoms with Crippen LogP contribution in [0.1, 0.15) is 32.4 Å². The largest absolute Gasteiger partial charge is 0.325 e. The lowest BCUT2D eigenvalue weighted by molar-refractivity contribution is -0.120. The summed E-state index contributed by atoms with van der Waals surface area (Å²) in [6.45, 7) is 3.67. The smallest absolute Gasteiger partial charge is 0.236 e. The van der Waals surface area contributed by atoms with E-state index in [1.807, 2.05) is 55.6 Å². The zero-order chi connectivity index (χ0) is 20.4. The van der Waals surface area contributed by atoms with Crippen LogP contribution < -0.4 is 10.0 Å². The Kier molecular flexibility index (Phi) is 5.47. The summed E-state index contributed by atoms with van der Waals surface area (Å²) < 4.78 is 15.0. The second-order valence-electron chi connectivity index (χ2n) is 7.53. The number of nitrogens with one attached hydrogen (secondary N) is 2. The second kappa shape index (κ2) is 8.04. The number of rotatable bonds is 7. The Balaban J connectivity index is 1.43. The van der Waals surface area contributed by atoms with Crippen molar-refractivity contribution in [2.24, 2.45) is 0 Å². The Bertz CT molecular complexity index is 1030. The van der Waals surface area contributed by atoms with Crippen molar-refractivity contribution in [3.8, 4) is 11.1 Å². The van der Waals surface area contributed by atoms with E-state index < -0.39 is 16.4 Å². The molecule has 2 aromatic heterocycles. The normalized spacial score (nSPS) is 15.0. The summed E-state index contributed by atoms with van der Waals surface area (Å²) >= 11 is 1.37. The first-order valence-electron chi connectivity index (χ1n) is 9.38. The molecule has 6 nitrogen and oxygen atoms in total. The topological polar surface area (TPSA) is 84.0 Å². The molecule has 1 fully saturated rings. The predicted molar refractivity (Wildman–Crippen MR) is 118 cm³/mol. The molecule has 1 saturated carbocycles. The van der Waals surface area contributed by atoms with Gasteiger partial charge in [-0.2, -0.15) is 0 Å². The molecule has 3 aromatic rings. The van der Waals surface area contributed by atoms with Gasteiger partial charge in [0.05, 0.1) is 16.4 Å². The number of carbonyl (C=O) groups is 1. The third kappa shape index (κ3) is 4.54. The van der Waals surface area contributed by atoms with Crippen LogP contribution in [0.5, 0.6) is 0 Å². The molecular formula is C21H22N4O2S2. The van der Waals surface area contributed by atoms with Crippen LogP contribution in [0.3, 0.4) is 0 Å². The minimum Gasteiger partial charge on any atom is -0.325 e. The minimum absolute atomic E-state index is 0.146. The highest BCUT2D eigenvalue weighted by Crippen LogP contribution is 2.31. The average Bonchev–Trinajstić information content (AvgIpc) is 3.48. The van der Waals surface area contributed by atoms with Gasteiger partial charge in [0.25, 0.3) is 0 Å². The van der Waals surface area contributed by atoms with E-state index in [1.54, 1.807) is 12.4 Å². The van der Waals surface area contributed by atoms with Crippen LogP contribution in [-0.2, 0) is 21.2 Å². The minimum atomic E-state index is -1.09. The number of carbonyl (C=O) groups excluding carboxylic acids is 1. The molecular weight excluding hydrogens is 404 g/mol. The molecule has 1 unspecified atom stereocenters. The monoisotopic (exact) mass is 426 g/mol. The zero-order valence-corrected chi connectivity index (χ0v) is 17.8. The molecule has 0 bridgehead atoms. The van der Waals surface area contributed by atoms with Gasteiger partial charge in [0, 0.05) is 23.5 Å². The number of amides is 1. The first-order chi connectivity index (χ1) is 13.9. The molecule has 0 aliphatic heterocycles. The molecule has 1 aliphatic carbocycles. The van der Waals surface area contributed by atoms with Crippen LogP contribution in [-0.4, -0.2) is 25.3 Å². The van der Waals surface area contributed by atoms with Crippen LogP contribution in [0.25, 0.3) is 11.1 Å². The van der Waals surface area contributed by atoms with Crippen LogP contribution in [0.15, 0.2) is 54.2 Å². The molecule has 1 atom stereocenters. The fourth-order valence-corrected chi connectivity index (χ4v) is 4.85. The van der Waals surface area contributed by atoms with E-state index in [9.17, 15) is 9.00 Å². The van der Waals surface area contributed by atoms with Crippen molar-refractivity contribution in [3.05, 3.63) is 59.9 Å². The highest BCUT2D eigenvalue weighted by atomic mass is 32.2. The van der Waals surface area contributed by atoms with Gasteiger partial charge in [-0.05, 0) is 56.0 Å². The Hall–Kier alpha value is -2.58. The lowest BCUT2D eigenvalue weighted by atomic mass is 9.89. The van der Waals surface area contributed by atoms with Crippen molar-refractivity contribution >= 4 is 39.0 Å². The first-order valence-corrected chi connectivity index (χ1v) is 11.5. The maximum Gasteiger partial charge on any atom is 0.236 e. The van der Waals surface area contributed by atoms with Crippen LogP contribution in [0, 0.1) is 0 Å². The van der Waals surface area contributed by atoms with Crippen molar-refractivity contribution < 1.29 is 9.00 Å². The molecule has 1 amide bonds. The van der Waals surface area contributed by atoms with Gasteiger partial charge in [0.2, 0.25) is 5.91 Å². The van der Waals surface area contributed by atoms with Crippen molar-refractivity contribution in [3.63, 3.8) is 0 Å². The van der Waals surface area contributed by atoms with E-state index in [0.29, 0.717) is 10.8 Å². The fourth-order valence-electron chi connectivity index (χ4n) is 2.74. The maximum absolute atomic E-state index is 12.9. The summed E-state index contributed by atoms with van der Waals surface area (Å²) in [5.41, 5.74) is 2.62. The number of aromatic nitrogens is 2. The molecule has 8 heteroatoms. The molecule has 29 heavy (non-hydrogen) atoms. The lowest BCUT2D eigenvalue weighted by Crippen LogP contribution is -2.35. The SMILES string of the molecule is CC(C)(C(=O)Nc1ccc(-c2cccnc2)cc1)c1csc(NS(=O)C2CC2)n1. The Labute approximate surface area is 176 Å². The Morgan fingerprint density at radius 2 is 1.93 bits per heavy atom. The van der Waals surface area contributed by atoms with E-state index in [2.05, 4.69) is 20.0 Å². The number of hydrogen-bond donors (Lipinski definition) is 2. The number of benzene rings is 1. The van der Waals surface area contributed by atoms with E-state index in [4.69, 9.17) is 0 Å². The third-order valence-corrected chi connectivity index (χ3v) is 7.22. The summed E-state index contributed by atoms with van der Waals surface area (Å²) in [5, 5.41) is 5.63. The third-order valence-electron chi connectivity index (χ3n) is 4.86. The zero-order valence-electron chi connectivity index (χ0n) is 16.2. The summed E-state index contributed by atoms with van der Waals surface area (Å²) in [7, 11) is -1.09. The van der Waals surface area contributed by atoms with Crippen LogP contribution in [0.4, 0.5) is 10.8 Å². The van der Waals surface area contributed by atoms with E-state index in [0.717, 1.165) is 29.7 Å². The summed E-state index contributed by atoms with van der Waals surface area (Å²) in [5.74, 6) is -0.146. The number of nitrogens with zero attached hydrogens (tertiary/aromatic N) is 2. The number of thiazole rings is 1. The van der Waals surface area contributed by atoms with Gasteiger partial charge >= 0.3 is 0 Å². The van der Waals surface area contributed by atoms with Crippen molar-refractivity contribution in [2.75, 3.05) is 10.0 Å². The molecule has 4 rings (SSSR count). The van der Waals surface area contributed by atoms with E-state index in [1.165, 1.54) is 11.3 Å². The van der Waals surface area contributed by atoms with Crippen molar-refractivity contribution in [1.29, 1.82) is 0 Å². The summed E-state index contributed by atoms with van der Waals surface area (Å²) in [6.07, 6.45) is 5.53. The highest BCUT2D eigenvalue weighted by molar-refractivity contribution is 7.87. The Morgan fingerprint density at radius 3 is 2.59 bits per heavy atom. The molecule has 1 aliphatic rings. The van der Waals surface area contributed by atoms with Gasteiger partial charge < -0.3 is 5.32 Å². The summed E-state index contributed by atoms with van der Waals surface area (Å²) in [6, 6.07) is 11.6.